The lowest BCUT2D eigenvalue weighted by Gasteiger charge is -2.38. The van der Waals surface area contributed by atoms with Crippen LogP contribution in [-0.4, -0.2) is 81.4 Å². The van der Waals surface area contributed by atoms with Gasteiger partial charge in [0.2, 0.25) is 5.91 Å². The number of hydrogen-bond donors (Lipinski definition) is 2. The molecule has 2 aromatic rings. The van der Waals surface area contributed by atoms with E-state index >= 15 is 0 Å². The van der Waals surface area contributed by atoms with E-state index in [1.54, 1.807) is 0 Å². The molecule has 4 aliphatic rings. The second kappa shape index (κ2) is 14.0. The lowest BCUT2D eigenvalue weighted by atomic mass is 9.84. The largest absolute Gasteiger partial charge is 0.381 e. The number of amides is 2. The normalized spacial score (nSPS) is 25.0. The quantitative estimate of drug-likeness (QED) is 0.408. The monoisotopic (exact) mass is 602 g/mol. The number of nitrogens with one attached hydrogen (secondary N) is 2. The molecule has 0 bridgehead atoms. The summed E-state index contributed by atoms with van der Waals surface area (Å²) in [7, 11) is 0. The molecule has 1 saturated carbocycles. The summed E-state index contributed by atoms with van der Waals surface area (Å²) in [5.41, 5.74) is 6.31. The van der Waals surface area contributed by atoms with E-state index in [9.17, 15) is 9.59 Å². The highest BCUT2D eigenvalue weighted by Gasteiger charge is 2.34. The van der Waals surface area contributed by atoms with Crippen LogP contribution < -0.4 is 15.5 Å². The molecule has 6 rings (SSSR count). The number of carbonyl (C=O) groups excluding carboxylic acids is 2. The molecule has 8 nitrogen and oxygen atoms in total. The van der Waals surface area contributed by atoms with Gasteiger partial charge < -0.3 is 25.0 Å². The van der Waals surface area contributed by atoms with Crippen LogP contribution in [0.25, 0.3) is 11.1 Å². The standard InChI is InChI=1S/C36H50N4O4/c1-24-18-25(2)38-36(42)33(24)21-37-35(41)32-19-30(29-8-6-27(7-9-29)22-39-12-16-44-17-13-39)20-34(26(32)3)40(23-28-4-5-28)31-10-14-43-15-11-31/h6-9,19-20,24-25,28,31,33H,4-5,10-18,21-23H2,1-3H3,(H,37,41)(H,38,42). The van der Waals surface area contributed by atoms with Crippen LogP contribution in [-0.2, 0) is 20.8 Å². The lowest BCUT2D eigenvalue weighted by molar-refractivity contribution is -0.129. The Kier molecular flexibility index (Phi) is 9.89. The number of nitrogens with zero attached hydrogens (tertiary/aromatic N) is 2. The number of anilines is 1. The number of piperidine rings is 1. The van der Waals surface area contributed by atoms with E-state index in [-0.39, 0.29) is 29.7 Å². The molecule has 0 spiro atoms. The second-order valence-corrected chi connectivity index (χ2v) is 13.6. The van der Waals surface area contributed by atoms with E-state index in [0.29, 0.717) is 24.1 Å². The lowest BCUT2D eigenvalue weighted by Crippen LogP contribution is -2.50. The van der Waals surface area contributed by atoms with Gasteiger partial charge in [0.25, 0.3) is 5.91 Å². The molecule has 1 aliphatic carbocycles. The van der Waals surface area contributed by atoms with Crippen LogP contribution in [0, 0.1) is 24.7 Å². The molecule has 3 atom stereocenters. The van der Waals surface area contributed by atoms with E-state index in [1.165, 1.54) is 18.4 Å². The molecule has 4 fully saturated rings. The summed E-state index contributed by atoms with van der Waals surface area (Å²) in [4.78, 5) is 31.7. The Hall–Kier alpha value is -2.94. The smallest absolute Gasteiger partial charge is 0.251 e. The minimum Gasteiger partial charge on any atom is -0.381 e. The summed E-state index contributed by atoms with van der Waals surface area (Å²) < 4.78 is 11.3. The van der Waals surface area contributed by atoms with Gasteiger partial charge >= 0.3 is 0 Å². The van der Waals surface area contributed by atoms with Gasteiger partial charge in [-0.2, -0.15) is 0 Å². The van der Waals surface area contributed by atoms with Gasteiger partial charge in [0.05, 0.1) is 19.1 Å². The molecule has 3 unspecified atom stereocenters. The van der Waals surface area contributed by atoms with Gasteiger partial charge in [0.1, 0.15) is 0 Å². The van der Waals surface area contributed by atoms with Crippen LogP contribution in [0.2, 0.25) is 0 Å². The van der Waals surface area contributed by atoms with Gasteiger partial charge in [0, 0.05) is 69.3 Å². The fraction of sp³-hybridized carbons (Fsp3) is 0.611. The average Bonchev–Trinajstić information content (AvgIpc) is 3.85. The number of ether oxygens (including phenoxy) is 2. The van der Waals surface area contributed by atoms with Crippen molar-refractivity contribution in [1.82, 2.24) is 15.5 Å². The van der Waals surface area contributed by atoms with Gasteiger partial charge in [-0.15, -0.1) is 0 Å². The number of benzene rings is 2. The maximum Gasteiger partial charge on any atom is 0.251 e. The van der Waals surface area contributed by atoms with Crippen molar-refractivity contribution in [2.24, 2.45) is 17.8 Å². The van der Waals surface area contributed by atoms with E-state index in [1.807, 2.05) is 6.92 Å². The molecule has 8 heteroatoms. The molecule has 2 aromatic carbocycles. The van der Waals surface area contributed by atoms with Crippen molar-refractivity contribution in [2.75, 3.05) is 57.5 Å². The van der Waals surface area contributed by atoms with Crippen LogP contribution in [0.5, 0.6) is 0 Å². The maximum atomic E-state index is 13.9. The Morgan fingerprint density at radius 2 is 1.68 bits per heavy atom. The zero-order valence-corrected chi connectivity index (χ0v) is 26.8. The highest BCUT2D eigenvalue weighted by Crippen LogP contribution is 2.38. The van der Waals surface area contributed by atoms with Crippen molar-refractivity contribution >= 4 is 17.5 Å². The average molecular weight is 603 g/mol. The Bertz CT molecular complexity index is 1300. The Balaban J connectivity index is 1.30. The SMILES string of the molecule is Cc1c(C(=O)NCC2C(=O)NC(C)CC2C)cc(-c2ccc(CN3CCOCC3)cc2)cc1N(CC1CC1)C1CCOCC1. The number of morpholine rings is 1. The fourth-order valence-corrected chi connectivity index (χ4v) is 7.22. The van der Waals surface area contributed by atoms with Crippen LogP contribution in [0.4, 0.5) is 5.69 Å². The highest BCUT2D eigenvalue weighted by molar-refractivity contribution is 5.99. The zero-order chi connectivity index (χ0) is 30.6. The van der Waals surface area contributed by atoms with Crippen LogP contribution in [0.1, 0.15) is 67.4 Å². The van der Waals surface area contributed by atoms with Crippen molar-refractivity contribution in [1.29, 1.82) is 0 Å². The topological polar surface area (TPSA) is 83.1 Å². The van der Waals surface area contributed by atoms with E-state index in [4.69, 9.17) is 9.47 Å². The molecule has 238 valence electrons. The molecular formula is C36H50N4O4. The Morgan fingerprint density at radius 3 is 2.36 bits per heavy atom. The minimum absolute atomic E-state index is 0.0370. The van der Waals surface area contributed by atoms with Crippen LogP contribution in [0.15, 0.2) is 36.4 Å². The van der Waals surface area contributed by atoms with Crippen molar-refractivity contribution in [2.45, 2.75) is 71.5 Å². The second-order valence-electron chi connectivity index (χ2n) is 13.6. The van der Waals surface area contributed by atoms with Crippen LogP contribution in [0.3, 0.4) is 0 Å². The minimum atomic E-state index is -0.217. The summed E-state index contributed by atoms with van der Waals surface area (Å²) in [6.45, 7) is 13.6. The first-order valence-electron chi connectivity index (χ1n) is 16.8. The van der Waals surface area contributed by atoms with Crippen molar-refractivity contribution in [3.05, 3.63) is 53.1 Å². The predicted octanol–water partition coefficient (Wildman–Crippen LogP) is 4.78. The summed E-state index contributed by atoms with van der Waals surface area (Å²) in [5.74, 6) is 0.652. The third-order valence-corrected chi connectivity index (χ3v) is 10.1. The molecule has 3 saturated heterocycles. The van der Waals surface area contributed by atoms with Gasteiger partial charge in [-0.25, -0.2) is 0 Å². The van der Waals surface area contributed by atoms with E-state index in [2.05, 4.69) is 70.7 Å². The Morgan fingerprint density at radius 1 is 0.977 bits per heavy atom. The summed E-state index contributed by atoms with van der Waals surface area (Å²) in [5, 5.41) is 6.23. The molecular weight excluding hydrogens is 552 g/mol. The maximum absolute atomic E-state index is 13.9. The van der Waals surface area contributed by atoms with Crippen molar-refractivity contribution < 1.29 is 19.1 Å². The molecule has 3 heterocycles. The molecule has 44 heavy (non-hydrogen) atoms. The third kappa shape index (κ3) is 7.47. The molecule has 2 N–H and O–H groups in total. The summed E-state index contributed by atoms with van der Waals surface area (Å²) in [6, 6.07) is 13.8. The van der Waals surface area contributed by atoms with Crippen LogP contribution >= 0.6 is 0 Å². The number of rotatable bonds is 10. The fourth-order valence-electron chi connectivity index (χ4n) is 7.22. The third-order valence-electron chi connectivity index (χ3n) is 10.1. The van der Waals surface area contributed by atoms with E-state index < -0.39 is 0 Å². The first kappa shape index (κ1) is 31.1. The first-order valence-corrected chi connectivity index (χ1v) is 16.8. The first-order chi connectivity index (χ1) is 21.4. The van der Waals surface area contributed by atoms with E-state index in [0.717, 1.165) is 94.2 Å². The molecule has 2 amide bonds. The highest BCUT2D eigenvalue weighted by atomic mass is 16.5. The number of hydrogen-bond acceptors (Lipinski definition) is 6. The zero-order valence-electron chi connectivity index (χ0n) is 26.8. The predicted molar refractivity (Wildman–Crippen MR) is 174 cm³/mol. The molecule has 0 aromatic heterocycles. The van der Waals surface area contributed by atoms with Crippen molar-refractivity contribution in [3.63, 3.8) is 0 Å². The molecule has 0 radical (unpaired) electrons. The van der Waals surface area contributed by atoms with Gasteiger partial charge in [-0.3, -0.25) is 14.5 Å². The summed E-state index contributed by atoms with van der Waals surface area (Å²) >= 11 is 0. The van der Waals surface area contributed by atoms with Gasteiger partial charge in [-0.1, -0.05) is 31.2 Å². The number of carbonyl (C=O) groups is 2. The van der Waals surface area contributed by atoms with Crippen molar-refractivity contribution in [3.8, 4) is 11.1 Å². The summed E-state index contributed by atoms with van der Waals surface area (Å²) in [6.07, 6.45) is 5.48. The van der Waals surface area contributed by atoms with Gasteiger partial charge in [0.15, 0.2) is 0 Å². The molecule has 3 aliphatic heterocycles. The van der Waals surface area contributed by atoms with Gasteiger partial charge in [-0.05, 0) is 92.2 Å². The Labute approximate surface area is 262 Å².